The van der Waals surface area contributed by atoms with Crippen LogP contribution in [0, 0.1) is 53.4 Å². The van der Waals surface area contributed by atoms with E-state index < -0.39 is 10.1 Å². The van der Waals surface area contributed by atoms with Crippen LogP contribution in [0.3, 0.4) is 0 Å². The van der Waals surface area contributed by atoms with E-state index in [0.717, 1.165) is 93.1 Å². The highest BCUT2D eigenvalue weighted by Gasteiger charge is 2.25. The lowest BCUT2D eigenvalue weighted by molar-refractivity contribution is -0.119. The van der Waals surface area contributed by atoms with E-state index in [-0.39, 0.29) is 28.5 Å². The van der Waals surface area contributed by atoms with Crippen LogP contribution in [0.25, 0.3) is 33.4 Å². The van der Waals surface area contributed by atoms with Crippen molar-refractivity contribution in [2.75, 3.05) is 16.0 Å². The Balaban J connectivity index is 1.61. The van der Waals surface area contributed by atoms with Crippen LogP contribution in [0.4, 0.5) is 28.4 Å². The zero-order chi connectivity index (χ0) is 45.4. The van der Waals surface area contributed by atoms with E-state index in [2.05, 4.69) is 57.5 Å². The first-order valence-corrected chi connectivity index (χ1v) is 23.0. The van der Waals surface area contributed by atoms with Crippen molar-refractivity contribution in [3.8, 4) is 22.5 Å². The van der Waals surface area contributed by atoms with Crippen LogP contribution < -0.4 is 21.3 Å². The van der Waals surface area contributed by atoms with Gasteiger partial charge in [0.05, 0.1) is 11.0 Å². The van der Waals surface area contributed by atoms with Gasteiger partial charge in [0.25, 0.3) is 10.1 Å². The average molecular weight is 857 g/mol. The number of hydrogen-bond donors (Lipinski definition) is 4. The fraction of sp³-hybridized carbons (Fsp3) is 0.353. The van der Waals surface area contributed by atoms with E-state index in [1.165, 1.54) is 11.6 Å². The third-order valence-electron chi connectivity index (χ3n) is 12.0. The number of rotatable bonds is 13. The molecular weight excluding hydrogens is 797 g/mol. The minimum Gasteiger partial charge on any atom is -0.456 e. The lowest BCUT2D eigenvalue weighted by atomic mass is 9.91. The van der Waals surface area contributed by atoms with Gasteiger partial charge in [-0.1, -0.05) is 72.6 Å². The smallest absolute Gasteiger partial charge is 0.295 e. The fourth-order valence-electron chi connectivity index (χ4n) is 8.53. The molecule has 1 aliphatic carbocycles. The van der Waals surface area contributed by atoms with Crippen molar-refractivity contribution in [3.05, 3.63) is 111 Å². The van der Waals surface area contributed by atoms with Gasteiger partial charge in [0, 0.05) is 68.8 Å². The summed E-state index contributed by atoms with van der Waals surface area (Å²) in [6, 6.07) is 17.7. The Labute approximate surface area is 366 Å². The molecule has 0 saturated heterocycles. The average Bonchev–Trinajstić information content (AvgIpc) is 3.22. The molecule has 4 aromatic carbocycles. The van der Waals surface area contributed by atoms with Gasteiger partial charge in [0.15, 0.2) is 0 Å². The van der Waals surface area contributed by atoms with Gasteiger partial charge in [-0.3, -0.25) is 14.1 Å². The minimum absolute atomic E-state index is 0.0546. The van der Waals surface area contributed by atoms with Crippen molar-refractivity contribution < 1.29 is 27.0 Å². The predicted molar refractivity (Wildman–Crippen MR) is 253 cm³/mol. The van der Waals surface area contributed by atoms with E-state index in [1.54, 1.807) is 18.2 Å². The summed E-state index contributed by atoms with van der Waals surface area (Å²) in [7, 11) is -4.62. The van der Waals surface area contributed by atoms with Crippen molar-refractivity contribution in [3.63, 3.8) is 0 Å². The summed E-state index contributed by atoms with van der Waals surface area (Å²) in [4.78, 5) is 31.0. The quantitative estimate of drug-likeness (QED) is 0.0667. The van der Waals surface area contributed by atoms with E-state index >= 15 is 0 Å². The second-order valence-corrected chi connectivity index (χ2v) is 18.4. The van der Waals surface area contributed by atoms with E-state index in [9.17, 15) is 22.6 Å². The van der Waals surface area contributed by atoms with Crippen molar-refractivity contribution in [2.45, 2.75) is 114 Å². The first kappa shape index (κ1) is 45.7. The van der Waals surface area contributed by atoms with Crippen LogP contribution in [0.1, 0.15) is 98.9 Å². The Morgan fingerprint density at radius 1 is 0.677 bits per heavy atom. The number of carbonyl (C=O) groups excluding carboxylic acids is 2. The third kappa shape index (κ3) is 8.92. The highest BCUT2D eigenvalue weighted by atomic mass is 32.2. The van der Waals surface area contributed by atoms with Crippen molar-refractivity contribution in [1.29, 1.82) is 0 Å². The zero-order valence-electron chi connectivity index (χ0n) is 38.1. The lowest BCUT2D eigenvalue weighted by Crippen LogP contribution is -2.20. The molecule has 0 unspecified atom stereocenters. The molecular formula is C51H60N4O6S. The first-order chi connectivity index (χ1) is 29.3. The number of fused-ring (bicyclic) bond motifs is 2. The second-order valence-electron chi connectivity index (χ2n) is 17.0. The highest BCUT2D eigenvalue weighted by molar-refractivity contribution is 7.86. The van der Waals surface area contributed by atoms with Crippen LogP contribution in [0.5, 0.6) is 0 Å². The van der Waals surface area contributed by atoms with Crippen LogP contribution in [0.15, 0.2) is 75.0 Å². The number of amides is 2. The molecule has 0 bridgehead atoms. The molecule has 0 spiro atoms. The SMILES string of the molecule is CCCc1c(C)c(N=c2ccc3c(-c4ccccc4S(=O)(=O)O)c4ccc(Nc5c(C)c(CCC)c(C)c(NC(=O)C(C)C)c5C)cc4oc-3c2)c(C)c(NC(=O)C(C)C)c1C. The number of hydrogen-bond acceptors (Lipinski definition) is 7. The predicted octanol–water partition coefficient (Wildman–Crippen LogP) is 12.4. The molecule has 0 saturated carbocycles. The summed E-state index contributed by atoms with van der Waals surface area (Å²) in [5.74, 6) is -0.0572. The van der Waals surface area contributed by atoms with Crippen molar-refractivity contribution >= 4 is 61.3 Å². The molecule has 0 aromatic heterocycles. The van der Waals surface area contributed by atoms with E-state index in [0.29, 0.717) is 38.8 Å². The Morgan fingerprint density at radius 3 is 1.82 bits per heavy atom. The lowest BCUT2D eigenvalue weighted by Gasteiger charge is -2.24. The minimum atomic E-state index is -4.62. The fourth-order valence-corrected chi connectivity index (χ4v) is 9.23. The van der Waals surface area contributed by atoms with Gasteiger partial charge in [0.2, 0.25) is 11.8 Å². The maximum atomic E-state index is 13.0. The van der Waals surface area contributed by atoms with E-state index in [1.807, 2.05) is 77.9 Å². The van der Waals surface area contributed by atoms with Gasteiger partial charge < -0.3 is 20.4 Å². The van der Waals surface area contributed by atoms with Gasteiger partial charge in [-0.05, 0) is 129 Å². The Bertz CT molecular complexity index is 2890. The molecule has 1 heterocycles. The van der Waals surface area contributed by atoms with Crippen LogP contribution in [-0.4, -0.2) is 24.8 Å². The molecule has 0 radical (unpaired) electrons. The zero-order valence-corrected chi connectivity index (χ0v) is 38.9. The van der Waals surface area contributed by atoms with Crippen molar-refractivity contribution in [1.82, 2.24) is 0 Å². The molecule has 6 rings (SSSR count). The monoisotopic (exact) mass is 856 g/mol. The summed E-state index contributed by atoms with van der Waals surface area (Å²) in [5.41, 5.74) is 14.2. The van der Waals surface area contributed by atoms with Gasteiger partial charge in [-0.15, -0.1) is 0 Å². The van der Waals surface area contributed by atoms with Crippen LogP contribution >= 0.6 is 0 Å². The van der Waals surface area contributed by atoms with Crippen LogP contribution in [0.2, 0.25) is 0 Å². The molecule has 2 aliphatic rings. The normalized spacial score (nSPS) is 12.2. The number of nitrogens with zero attached hydrogens (tertiary/aromatic N) is 1. The first-order valence-electron chi connectivity index (χ1n) is 21.5. The molecule has 62 heavy (non-hydrogen) atoms. The van der Waals surface area contributed by atoms with Gasteiger partial charge in [0.1, 0.15) is 16.2 Å². The van der Waals surface area contributed by atoms with Crippen molar-refractivity contribution in [2.24, 2.45) is 16.8 Å². The number of nitrogens with one attached hydrogen (secondary N) is 3. The van der Waals surface area contributed by atoms with Gasteiger partial charge >= 0.3 is 0 Å². The molecule has 0 fully saturated rings. The topological polar surface area (TPSA) is 150 Å². The standard InChI is InChI=1S/C51H60N4O6S/c1-13-17-37-29(7)46(33(11)48(31(37)9)54-50(56)27(3)4)52-35-21-23-39-42(25-35)61-43-26-36(22-24-40(43)45(39)41-19-15-16-20-44(41)62(58,59)60)53-47-30(8)38(18-14-2)32(10)49(34(47)12)55-51(57)28(5)6/h15-16,19-28,52H,13-14,17-18H2,1-12H3,(H,54,56)(H,55,57)(H,58,59,60). The third-order valence-corrected chi connectivity index (χ3v) is 12.9. The van der Waals surface area contributed by atoms with E-state index in [4.69, 9.17) is 9.41 Å². The molecule has 11 heteroatoms. The summed E-state index contributed by atoms with van der Waals surface area (Å²) < 4.78 is 42.9. The number of carbonyl (C=O) groups is 2. The molecule has 4 N–H and O–H groups in total. The Hall–Kier alpha value is -5.78. The maximum Gasteiger partial charge on any atom is 0.295 e. The van der Waals surface area contributed by atoms with Crippen LogP contribution in [-0.2, 0) is 32.5 Å². The molecule has 4 aromatic rings. The maximum absolute atomic E-state index is 13.0. The molecule has 0 atom stereocenters. The Morgan fingerprint density at radius 2 is 1.24 bits per heavy atom. The molecule has 2 amide bonds. The van der Waals surface area contributed by atoms with Gasteiger partial charge in [-0.2, -0.15) is 8.42 Å². The summed E-state index contributed by atoms with van der Waals surface area (Å²) >= 11 is 0. The highest BCUT2D eigenvalue weighted by Crippen LogP contribution is 2.44. The molecule has 10 nitrogen and oxygen atoms in total. The Kier molecular flexibility index (Phi) is 13.5. The summed E-state index contributed by atoms with van der Waals surface area (Å²) in [5, 5.41) is 11.2. The molecule has 326 valence electrons. The number of benzene rings is 5. The second kappa shape index (κ2) is 18.3. The largest absolute Gasteiger partial charge is 0.456 e. The summed E-state index contributed by atoms with van der Waals surface area (Å²) in [6.45, 7) is 24.0. The number of anilines is 4. The molecule has 1 aliphatic heterocycles. The van der Waals surface area contributed by atoms with Gasteiger partial charge in [-0.25, -0.2) is 4.99 Å². The summed E-state index contributed by atoms with van der Waals surface area (Å²) in [6.07, 6.45) is 3.53.